The maximum absolute atomic E-state index is 14.2. The van der Waals surface area contributed by atoms with Crippen molar-refractivity contribution in [2.75, 3.05) is 26.7 Å². The van der Waals surface area contributed by atoms with Crippen LogP contribution in [0.1, 0.15) is 32.4 Å². The predicted octanol–water partition coefficient (Wildman–Crippen LogP) is 1.57. The number of carbonyl (C=O) groups excluding carboxylic acids is 1. The van der Waals surface area contributed by atoms with Crippen molar-refractivity contribution in [1.82, 2.24) is 24.6 Å². The third-order valence-electron chi connectivity index (χ3n) is 5.68. The zero-order valence-electron chi connectivity index (χ0n) is 19.7. The molecule has 0 radical (unpaired) electrons. The van der Waals surface area contributed by atoms with Crippen LogP contribution in [-0.4, -0.2) is 72.6 Å². The highest BCUT2D eigenvalue weighted by atomic mass is 32.2. The van der Waals surface area contributed by atoms with Gasteiger partial charge in [0.2, 0.25) is 10.0 Å². The number of aromatic nitrogens is 3. The molecule has 2 heterocycles. The molecule has 0 fully saturated rings. The molecule has 3 rings (SSSR count). The van der Waals surface area contributed by atoms with E-state index in [4.69, 9.17) is 9.47 Å². The number of sulfonamides is 1. The second-order valence-corrected chi connectivity index (χ2v) is 10.6. The van der Waals surface area contributed by atoms with Gasteiger partial charge in [0.1, 0.15) is 23.0 Å². The summed E-state index contributed by atoms with van der Waals surface area (Å²) in [5.74, 6) is -1.20. The van der Waals surface area contributed by atoms with Gasteiger partial charge >= 0.3 is 5.97 Å². The number of carbonyl (C=O) groups is 1. The number of cyclic esters (lactones) is 1. The van der Waals surface area contributed by atoms with E-state index in [9.17, 15) is 17.6 Å². The number of halogens is 1. The molecule has 34 heavy (non-hydrogen) atoms. The number of ether oxygens (including phenoxy) is 2. The van der Waals surface area contributed by atoms with Gasteiger partial charge in [-0.15, -0.1) is 5.10 Å². The lowest BCUT2D eigenvalue weighted by molar-refractivity contribution is -0.144. The highest BCUT2D eigenvalue weighted by Crippen LogP contribution is 2.20. The molecule has 0 amide bonds. The van der Waals surface area contributed by atoms with E-state index in [1.165, 1.54) is 25.2 Å². The van der Waals surface area contributed by atoms with Gasteiger partial charge in [0.25, 0.3) is 0 Å². The summed E-state index contributed by atoms with van der Waals surface area (Å²) in [6.07, 6.45) is 2.08. The van der Waals surface area contributed by atoms with Crippen molar-refractivity contribution < 1.29 is 27.1 Å². The van der Waals surface area contributed by atoms with Crippen LogP contribution < -0.4 is 5.32 Å². The number of fused-ring (bicyclic) bond motifs is 2. The number of nitrogens with zero attached hydrogens (tertiary/aromatic N) is 4. The minimum Gasteiger partial charge on any atom is -0.464 e. The van der Waals surface area contributed by atoms with Crippen LogP contribution in [0, 0.1) is 11.7 Å². The number of nitrogens with one attached hydrogen (secondary N) is 1. The van der Waals surface area contributed by atoms with Gasteiger partial charge in [-0.05, 0) is 31.4 Å². The zero-order chi connectivity index (χ0) is 24.7. The summed E-state index contributed by atoms with van der Waals surface area (Å²) >= 11 is 0. The van der Waals surface area contributed by atoms with Crippen LogP contribution in [0.15, 0.2) is 35.4 Å². The molecular weight excluding hydrogens is 465 g/mol. The molecule has 12 heteroatoms. The Morgan fingerprint density at radius 3 is 2.82 bits per heavy atom. The summed E-state index contributed by atoms with van der Waals surface area (Å²) in [4.78, 5) is 11.6. The summed E-state index contributed by atoms with van der Waals surface area (Å²) in [6, 6.07) is 5.20. The fourth-order valence-electron chi connectivity index (χ4n) is 3.53. The maximum atomic E-state index is 14.2. The van der Waals surface area contributed by atoms with Gasteiger partial charge in [-0.25, -0.2) is 12.8 Å². The lowest BCUT2D eigenvalue weighted by Gasteiger charge is -2.29. The topological polar surface area (TPSA) is 116 Å². The molecule has 2 bridgehead atoms. The predicted molar refractivity (Wildman–Crippen MR) is 122 cm³/mol. The number of likely N-dealkylation sites (N-methyl/N-ethyl adjacent to an activating group) is 1. The van der Waals surface area contributed by atoms with Crippen molar-refractivity contribution in [1.29, 1.82) is 0 Å². The summed E-state index contributed by atoms with van der Waals surface area (Å²) in [6.45, 7) is 5.22. The number of rotatable bonds is 4. The first-order chi connectivity index (χ1) is 16.2. The molecule has 0 saturated heterocycles. The van der Waals surface area contributed by atoms with Gasteiger partial charge in [-0.2, -0.15) is 4.31 Å². The van der Waals surface area contributed by atoms with Crippen molar-refractivity contribution in [2.24, 2.45) is 5.92 Å². The van der Waals surface area contributed by atoms with E-state index in [0.717, 1.165) is 10.4 Å². The molecule has 0 unspecified atom stereocenters. The normalized spacial score (nSPS) is 23.6. The Morgan fingerprint density at radius 2 is 2.06 bits per heavy atom. The quantitative estimate of drug-likeness (QED) is 0.633. The molecule has 1 N–H and O–H groups in total. The average molecular weight is 498 g/mol. The minimum atomic E-state index is -4.05. The third-order valence-corrected chi connectivity index (χ3v) is 7.54. The summed E-state index contributed by atoms with van der Waals surface area (Å²) in [5.41, 5.74) is 0.591. The van der Waals surface area contributed by atoms with Crippen molar-refractivity contribution >= 4 is 16.0 Å². The molecule has 2 aromatic rings. The van der Waals surface area contributed by atoms with Gasteiger partial charge in [-0.1, -0.05) is 24.3 Å². The van der Waals surface area contributed by atoms with Crippen molar-refractivity contribution in [3.63, 3.8) is 0 Å². The summed E-state index contributed by atoms with van der Waals surface area (Å²) in [5, 5.41) is 11.4. The fourth-order valence-corrected chi connectivity index (χ4v) is 4.77. The average Bonchev–Trinajstić information content (AvgIpc) is 3.25. The van der Waals surface area contributed by atoms with E-state index >= 15 is 0 Å². The second kappa shape index (κ2) is 11.8. The number of hydrogen-bond donors (Lipinski definition) is 1. The molecule has 0 aliphatic carbocycles. The molecule has 1 aliphatic heterocycles. The Bertz CT molecular complexity index is 1060. The van der Waals surface area contributed by atoms with Crippen LogP contribution >= 0.6 is 0 Å². The van der Waals surface area contributed by atoms with Crippen LogP contribution in [0.4, 0.5) is 4.39 Å². The van der Waals surface area contributed by atoms with E-state index in [1.54, 1.807) is 10.9 Å². The first kappa shape index (κ1) is 26.2. The minimum absolute atomic E-state index is 0.0109. The van der Waals surface area contributed by atoms with Crippen molar-refractivity contribution in [2.45, 2.75) is 56.9 Å². The molecule has 0 saturated carbocycles. The Labute approximate surface area is 199 Å². The summed E-state index contributed by atoms with van der Waals surface area (Å²) < 4.78 is 54.3. The highest BCUT2D eigenvalue weighted by Gasteiger charge is 2.29. The monoisotopic (exact) mass is 497 g/mol. The van der Waals surface area contributed by atoms with Gasteiger partial charge in [0, 0.05) is 39.1 Å². The number of hydrogen-bond acceptors (Lipinski definition) is 8. The molecule has 0 spiro atoms. The van der Waals surface area contributed by atoms with E-state index in [2.05, 4.69) is 15.6 Å². The molecule has 1 aromatic heterocycles. The van der Waals surface area contributed by atoms with Crippen molar-refractivity contribution in [3.8, 4) is 0 Å². The molecule has 188 valence electrons. The zero-order valence-corrected chi connectivity index (χ0v) is 20.5. The Balaban J connectivity index is 1.76. The lowest BCUT2D eigenvalue weighted by atomic mass is 10.0. The van der Waals surface area contributed by atoms with E-state index in [0.29, 0.717) is 31.6 Å². The van der Waals surface area contributed by atoms with Gasteiger partial charge in [0.15, 0.2) is 0 Å². The van der Waals surface area contributed by atoms with Crippen LogP contribution in [0.2, 0.25) is 0 Å². The Kier molecular flexibility index (Phi) is 9.11. The summed E-state index contributed by atoms with van der Waals surface area (Å²) in [7, 11) is -2.65. The molecule has 1 aromatic carbocycles. The Morgan fingerprint density at radius 1 is 1.29 bits per heavy atom. The standard InChI is InChI=1S/C22H32FN5O5S/c1-16-11-24-17(2)14-33-22(29)9-6-10-28-12-18(25-26-28)15-32-20(16)13-27(3)34(30,31)21-8-5-4-7-19(21)23/h4-5,7-8,12,16-17,20,24H,6,9-11,13-15H2,1-3H3/t16-,17-,20-/m1/s1. The lowest BCUT2D eigenvalue weighted by Crippen LogP contribution is -2.43. The van der Waals surface area contributed by atoms with E-state index < -0.39 is 21.9 Å². The highest BCUT2D eigenvalue weighted by molar-refractivity contribution is 7.89. The number of benzene rings is 1. The number of esters is 1. The largest absolute Gasteiger partial charge is 0.464 e. The first-order valence-corrected chi connectivity index (χ1v) is 12.7. The van der Waals surface area contributed by atoms with Crippen LogP contribution in [0.5, 0.6) is 0 Å². The smallest absolute Gasteiger partial charge is 0.305 e. The van der Waals surface area contributed by atoms with Gasteiger partial charge in [-0.3, -0.25) is 9.48 Å². The van der Waals surface area contributed by atoms with E-state index in [-0.39, 0.29) is 42.6 Å². The molecule has 3 atom stereocenters. The molecular formula is C22H32FN5O5S. The SMILES string of the molecule is C[C@@H]1COC(=O)CCCn2cc(nn2)CO[C@H](CN(C)S(=O)(=O)c2ccccc2F)[C@H](C)CN1. The van der Waals surface area contributed by atoms with Gasteiger partial charge in [0.05, 0.1) is 18.9 Å². The van der Waals surface area contributed by atoms with Crippen LogP contribution in [0.25, 0.3) is 0 Å². The second-order valence-electron chi connectivity index (χ2n) is 8.61. The number of aryl methyl sites for hydroxylation is 1. The molecule has 1 aliphatic rings. The molecule has 10 nitrogen and oxygen atoms in total. The first-order valence-electron chi connectivity index (χ1n) is 11.3. The third kappa shape index (κ3) is 7.05. The van der Waals surface area contributed by atoms with Crippen molar-refractivity contribution in [3.05, 3.63) is 42.0 Å². The van der Waals surface area contributed by atoms with E-state index in [1.807, 2.05) is 13.8 Å². The van der Waals surface area contributed by atoms with Crippen LogP contribution in [-0.2, 0) is 37.4 Å². The fraction of sp³-hybridized carbons (Fsp3) is 0.591. The van der Waals surface area contributed by atoms with Gasteiger partial charge < -0.3 is 14.8 Å². The maximum Gasteiger partial charge on any atom is 0.305 e. The van der Waals surface area contributed by atoms with Crippen LogP contribution in [0.3, 0.4) is 0 Å². The Hall–Kier alpha value is -2.41.